The van der Waals surface area contributed by atoms with E-state index in [1.807, 2.05) is 6.07 Å². The molecule has 1 rings (SSSR count). The third-order valence-corrected chi connectivity index (χ3v) is 2.47. The van der Waals surface area contributed by atoms with Gasteiger partial charge in [-0.1, -0.05) is 25.1 Å². The van der Waals surface area contributed by atoms with Gasteiger partial charge in [0.2, 0.25) is 5.91 Å². The number of hydrogen-bond acceptors (Lipinski definition) is 2. The summed E-state index contributed by atoms with van der Waals surface area (Å²) in [6.45, 7) is 2.93. The van der Waals surface area contributed by atoms with E-state index in [4.69, 9.17) is 5.73 Å². The zero-order chi connectivity index (χ0) is 12.0. The average molecular weight is 224 g/mol. The summed E-state index contributed by atoms with van der Waals surface area (Å²) in [6, 6.07) is 6.68. The molecule has 0 fully saturated rings. The van der Waals surface area contributed by atoms with Crippen LogP contribution in [0.15, 0.2) is 24.3 Å². The maximum atomic E-state index is 13.2. The molecule has 88 valence electrons. The highest BCUT2D eigenvalue weighted by molar-refractivity contribution is 5.76. The molecule has 0 aliphatic rings. The van der Waals surface area contributed by atoms with E-state index in [1.54, 1.807) is 19.1 Å². The number of primary amides is 1. The van der Waals surface area contributed by atoms with Gasteiger partial charge in [0, 0.05) is 12.5 Å². The number of carbonyl (C=O) groups is 1. The molecule has 1 amide bonds. The highest BCUT2D eigenvalue weighted by Crippen LogP contribution is 2.06. The molecule has 0 heterocycles. The van der Waals surface area contributed by atoms with E-state index >= 15 is 0 Å². The smallest absolute Gasteiger partial charge is 0.221 e. The van der Waals surface area contributed by atoms with Crippen LogP contribution in [0.25, 0.3) is 0 Å². The topological polar surface area (TPSA) is 55.1 Å². The van der Waals surface area contributed by atoms with E-state index < -0.39 is 0 Å². The Hall–Kier alpha value is -1.42. The molecule has 0 aromatic heterocycles. The molecular formula is C12H17FN2O. The molecule has 0 saturated carbocycles. The number of nitrogens with two attached hydrogens (primary N) is 1. The predicted molar refractivity (Wildman–Crippen MR) is 61.3 cm³/mol. The minimum absolute atomic E-state index is 0.188. The van der Waals surface area contributed by atoms with Crippen molar-refractivity contribution >= 4 is 5.91 Å². The molecule has 0 aliphatic carbocycles. The van der Waals surface area contributed by atoms with E-state index in [1.165, 1.54) is 6.07 Å². The van der Waals surface area contributed by atoms with Crippen LogP contribution < -0.4 is 11.1 Å². The van der Waals surface area contributed by atoms with E-state index in [2.05, 4.69) is 5.32 Å². The van der Waals surface area contributed by atoms with Gasteiger partial charge >= 0.3 is 0 Å². The number of rotatable bonds is 6. The van der Waals surface area contributed by atoms with Crippen molar-refractivity contribution in [2.45, 2.75) is 13.3 Å². The predicted octanol–water partition coefficient (Wildman–Crippen LogP) is 1.08. The van der Waals surface area contributed by atoms with Gasteiger partial charge in [-0.25, -0.2) is 4.39 Å². The Morgan fingerprint density at radius 3 is 2.81 bits per heavy atom. The van der Waals surface area contributed by atoms with Crippen molar-refractivity contribution in [3.05, 3.63) is 35.6 Å². The quantitative estimate of drug-likeness (QED) is 0.710. The second kappa shape index (κ2) is 6.23. The zero-order valence-electron chi connectivity index (χ0n) is 9.37. The number of benzene rings is 1. The first kappa shape index (κ1) is 12.6. The number of amides is 1. The summed E-state index contributed by atoms with van der Waals surface area (Å²) in [5.41, 5.74) is 5.80. The van der Waals surface area contributed by atoms with Crippen LogP contribution in [-0.2, 0) is 11.2 Å². The minimum atomic E-state index is -0.321. The third-order valence-electron chi connectivity index (χ3n) is 2.47. The van der Waals surface area contributed by atoms with Gasteiger partial charge in [-0.05, 0) is 24.6 Å². The Labute approximate surface area is 94.8 Å². The molecule has 1 aromatic rings. The lowest BCUT2D eigenvalue weighted by atomic mass is 10.1. The van der Waals surface area contributed by atoms with E-state index in [0.717, 1.165) is 0 Å². The second-order valence-corrected chi connectivity index (χ2v) is 3.85. The van der Waals surface area contributed by atoms with Crippen molar-refractivity contribution in [3.63, 3.8) is 0 Å². The maximum absolute atomic E-state index is 13.2. The first-order valence-electron chi connectivity index (χ1n) is 5.34. The number of halogens is 1. The lowest BCUT2D eigenvalue weighted by molar-refractivity contribution is -0.121. The molecule has 0 radical (unpaired) electrons. The van der Waals surface area contributed by atoms with Gasteiger partial charge in [0.1, 0.15) is 5.82 Å². The average Bonchev–Trinajstić information content (AvgIpc) is 2.26. The monoisotopic (exact) mass is 224 g/mol. The summed E-state index contributed by atoms with van der Waals surface area (Å²) >= 11 is 0. The first-order chi connectivity index (χ1) is 7.61. The molecule has 4 heteroatoms. The number of carbonyl (C=O) groups excluding carboxylic acids is 1. The summed E-state index contributed by atoms with van der Waals surface area (Å²) in [5.74, 6) is -0.703. The fourth-order valence-corrected chi connectivity index (χ4v) is 1.34. The lowest BCUT2D eigenvalue weighted by Crippen LogP contribution is -2.32. The number of hydrogen-bond donors (Lipinski definition) is 2. The van der Waals surface area contributed by atoms with Crippen LogP contribution in [0.2, 0.25) is 0 Å². The van der Waals surface area contributed by atoms with Crippen LogP contribution in [-0.4, -0.2) is 19.0 Å². The Kier molecular flexibility index (Phi) is 4.92. The SMILES string of the molecule is CC(CNCCc1ccccc1F)C(N)=O. The van der Waals surface area contributed by atoms with Crippen LogP contribution in [0.4, 0.5) is 4.39 Å². The van der Waals surface area contributed by atoms with Crippen molar-refractivity contribution in [2.24, 2.45) is 11.7 Å². The van der Waals surface area contributed by atoms with Gasteiger partial charge in [0.25, 0.3) is 0 Å². The van der Waals surface area contributed by atoms with Crippen LogP contribution in [0, 0.1) is 11.7 Å². The van der Waals surface area contributed by atoms with Gasteiger partial charge in [0.15, 0.2) is 0 Å². The van der Waals surface area contributed by atoms with Gasteiger partial charge in [-0.15, -0.1) is 0 Å². The molecule has 0 saturated heterocycles. The normalized spacial score (nSPS) is 12.4. The van der Waals surface area contributed by atoms with Crippen LogP contribution in [0.1, 0.15) is 12.5 Å². The van der Waals surface area contributed by atoms with Crippen molar-refractivity contribution in [3.8, 4) is 0 Å². The molecule has 1 atom stereocenters. The van der Waals surface area contributed by atoms with Crippen LogP contribution in [0.5, 0.6) is 0 Å². The molecule has 1 unspecified atom stereocenters. The molecular weight excluding hydrogens is 207 g/mol. The van der Waals surface area contributed by atoms with Crippen molar-refractivity contribution in [1.29, 1.82) is 0 Å². The van der Waals surface area contributed by atoms with Crippen LogP contribution in [0.3, 0.4) is 0 Å². The van der Waals surface area contributed by atoms with E-state index in [0.29, 0.717) is 25.1 Å². The molecule has 0 spiro atoms. The zero-order valence-corrected chi connectivity index (χ0v) is 9.37. The lowest BCUT2D eigenvalue weighted by Gasteiger charge is -2.09. The largest absolute Gasteiger partial charge is 0.369 e. The molecule has 0 bridgehead atoms. The Morgan fingerprint density at radius 2 is 2.19 bits per heavy atom. The van der Waals surface area contributed by atoms with Gasteiger partial charge in [-0.3, -0.25) is 4.79 Å². The fraction of sp³-hybridized carbons (Fsp3) is 0.417. The molecule has 16 heavy (non-hydrogen) atoms. The first-order valence-corrected chi connectivity index (χ1v) is 5.34. The van der Waals surface area contributed by atoms with E-state index in [-0.39, 0.29) is 17.6 Å². The van der Waals surface area contributed by atoms with Gasteiger partial charge in [-0.2, -0.15) is 0 Å². The Bertz CT molecular complexity index is 355. The van der Waals surface area contributed by atoms with Crippen molar-refractivity contribution in [1.82, 2.24) is 5.32 Å². The van der Waals surface area contributed by atoms with Crippen LogP contribution >= 0.6 is 0 Å². The molecule has 1 aromatic carbocycles. The molecule has 3 nitrogen and oxygen atoms in total. The van der Waals surface area contributed by atoms with Gasteiger partial charge < -0.3 is 11.1 Å². The maximum Gasteiger partial charge on any atom is 0.221 e. The Balaban J connectivity index is 2.26. The minimum Gasteiger partial charge on any atom is -0.369 e. The Morgan fingerprint density at radius 1 is 1.50 bits per heavy atom. The highest BCUT2D eigenvalue weighted by atomic mass is 19.1. The van der Waals surface area contributed by atoms with Crippen molar-refractivity contribution < 1.29 is 9.18 Å². The molecule has 3 N–H and O–H groups in total. The summed E-state index contributed by atoms with van der Waals surface area (Å²) in [6.07, 6.45) is 0.609. The third kappa shape index (κ3) is 3.98. The summed E-state index contributed by atoms with van der Waals surface area (Å²) < 4.78 is 13.2. The van der Waals surface area contributed by atoms with E-state index in [9.17, 15) is 9.18 Å². The molecule has 0 aliphatic heterocycles. The fourth-order valence-electron chi connectivity index (χ4n) is 1.34. The standard InChI is InChI=1S/C12H17FN2O/c1-9(12(14)16)8-15-7-6-10-4-2-3-5-11(10)13/h2-5,9,15H,6-8H2,1H3,(H2,14,16). The number of nitrogens with one attached hydrogen (secondary N) is 1. The summed E-state index contributed by atoms with van der Waals surface area (Å²) in [4.78, 5) is 10.7. The van der Waals surface area contributed by atoms with Crippen molar-refractivity contribution in [2.75, 3.05) is 13.1 Å². The van der Waals surface area contributed by atoms with Gasteiger partial charge in [0.05, 0.1) is 0 Å². The summed E-state index contributed by atoms with van der Waals surface area (Å²) in [7, 11) is 0. The highest BCUT2D eigenvalue weighted by Gasteiger charge is 2.07. The summed E-state index contributed by atoms with van der Waals surface area (Å²) in [5, 5.41) is 3.07. The second-order valence-electron chi connectivity index (χ2n) is 3.85.